The molecule has 0 atom stereocenters. The Morgan fingerprint density at radius 1 is 1.29 bits per heavy atom. The maximum Gasteiger partial charge on any atom is 0.184 e. The summed E-state index contributed by atoms with van der Waals surface area (Å²) in [6.07, 6.45) is 2.02. The van der Waals surface area contributed by atoms with E-state index >= 15 is 0 Å². The molecule has 2 rings (SSSR count). The van der Waals surface area contributed by atoms with Gasteiger partial charge in [-0.25, -0.2) is 0 Å². The lowest BCUT2D eigenvalue weighted by molar-refractivity contribution is 0.0979. The third-order valence-corrected chi connectivity index (χ3v) is 2.83. The Kier molecular flexibility index (Phi) is 2.95. The van der Waals surface area contributed by atoms with E-state index in [4.69, 9.17) is 0 Å². The highest BCUT2D eigenvalue weighted by Gasteiger charge is 2.13. The summed E-state index contributed by atoms with van der Waals surface area (Å²) in [4.78, 5) is 26.0. The molecule has 4 nitrogen and oxygen atoms in total. The molecule has 0 aliphatic rings. The molecule has 0 fully saturated rings. The molecule has 17 heavy (non-hydrogen) atoms. The Bertz CT molecular complexity index is 550. The quantitative estimate of drug-likeness (QED) is 0.816. The first-order valence-corrected chi connectivity index (χ1v) is 5.41. The van der Waals surface area contributed by atoms with E-state index in [0.29, 0.717) is 17.8 Å². The summed E-state index contributed by atoms with van der Waals surface area (Å²) in [5.74, 6) is 0.0253. The molecular formula is C13H14N2O2. The summed E-state index contributed by atoms with van der Waals surface area (Å²) in [5, 5.41) is 0. The Labute approximate surface area is 99.3 Å². The number of rotatable bonds is 4. The summed E-state index contributed by atoms with van der Waals surface area (Å²) in [6.45, 7) is 1.52. The van der Waals surface area contributed by atoms with Crippen LogP contribution >= 0.6 is 0 Å². The minimum Gasteiger partial charge on any atom is -0.359 e. The highest BCUT2D eigenvalue weighted by Crippen LogP contribution is 2.11. The van der Waals surface area contributed by atoms with Gasteiger partial charge in [-0.3, -0.25) is 9.59 Å². The van der Waals surface area contributed by atoms with Crippen LogP contribution < -0.4 is 0 Å². The predicted molar refractivity (Wildman–Crippen MR) is 64.2 cm³/mol. The van der Waals surface area contributed by atoms with Gasteiger partial charge in [-0.15, -0.1) is 0 Å². The first-order valence-electron chi connectivity index (χ1n) is 5.41. The average molecular weight is 230 g/mol. The van der Waals surface area contributed by atoms with Gasteiger partial charge in [0.15, 0.2) is 11.6 Å². The Hall–Kier alpha value is -2.10. The van der Waals surface area contributed by atoms with Crippen LogP contribution in [0.25, 0.3) is 0 Å². The number of ketones is 2. The average Bonchev–Trinajstić information content (AvgIpc) is 2.89. The highest BCUT2D eigenvalue weighted by molar-refractivity contribution is 5.96. The van der Waals surface area contributed by atoms with E-state index in [2.05, 4.69) is 4.98 Å². The number of hydrogen-bond acceptors (Lipinski definition) is 2. The molecule has 0 unspecified atom stereocenters. The van der Waals surface area contributed by atoms with Crippen LogP contribution in [-0.4, -0.2) is 21.1 Å². The summed E-state index contributed by atoms with van der Waals surface area (Å²) < 4.78 is 1.77. The van der Waals surface area contributed by atoms with Gasteiger partial charge in [0, 0.05) is 25.9 Å². The topological polar surface area (TPSA) is 54.9 Å². The number of carbonyl (C=O) groups excluding carboxylic acids is 2. The molecule has 0 amide bonds. The van der Waals surface area contributed by atoms with Gasteiger partial charge in [0.05, 0.1) is 17.8 Å². The number of hydrogen-bond donors (Lipinski definition) is 1. The third kappa shape index (κ3) is 2.20. The van der Waals surface area contributed by atoms with Crippen LogP contribution in [-0.2, 0) is 13.5 Å². The Morgan fingerprint density at radius 3 is 2.59 bits per heavy atom. The lowest BCUT2D eigenvalue weighted by Crippen LogP contribution is -2.10. The van der Waals surface area contributed by atoms with Crippen molar-refractivity contribution in [3.63, 3.8) is 0 Å². The van der Waals surface area contributed by atoms with Crippen molar-refractivity contribution in [2.24, 2.45) is 7.05 Å². The Balaban J connectivity index is 2.20. The van der Waals surface area contributed by atoms with Crippen molar-refractivity contribution in [1.82, 2.24) is 9.55 Å². The molecule has 2 aromatic heterocycles. The molecule has 0 saturated carbocycles. The number of Topliss-reactive ketones (excluding diaryl/α,β-unsaturated/α-hetero) is 2. The zero-order valence-corrected chi connectivity index (χ0v) is 9.86. The first kappa shape index (κ1) is 11.4. The minimum atomic E-state index is 0.00562. The predicted octanol–water partition coefficient (Wildman–Crippen LogP) is 1.98. The molecule has 0 radical (unpaired) electrons. The highest BCUT2D eigenvalue weighted by atomic mass is 16.1. The summed E-state index contributed by atoms with van der Waals surface area (Å²) >= 11 is 0. The molecule has 1 N–H and O–H groups in total. The number of carbonyl (C=O) groups is 2. The van der Waals surface area contributed by atoms with Crippen LogP contribution in [0.5, 0.6) is 0 Å². The normalized spacial score (nSPS) is 10.5. The van der Waals surface area contributed by atoms with Gasteiger partial charge >= 0.3 is 0 Å². The van der Waals surface area contributed by atoms with Crippen molar-refractivity contribution in [3.05, 3.63) is 47.5 Å². The zero-order valence-electron chi connectivity index (χ0n) is 9.86. The van der Waals surface area contributed by atoms with Crippen LogP contribution in [0.2, 0.25) is 0 Å². The van der Waals surface area contributed by atoms with E-state index in [-0.39, 0.29) is 11.6 Å². The molecule has 0 aliphatic carbocycles. The third-order valence-electron chi connectivity index (χ3n) is 2.83. The molecule has 0 saturated heterocycles. The smallest absolute Gasteiger partial charge is 0.184 e. The fourth-order valence-corrected chi connectivity index (χ4v) is 1.85. The van der Waals surface area contributed by atoms with Gasteiger partial charge in [0.25, 0.3) is 0 Å². The largest absolute Gasteiger partial charge is 0.359 e. The maximum absolute atomic E-state index is 11.9. The molecule has 88 valence electrons. The van der Waals surface area contributed by atoms with E-state index in [1.54, 1.807) is 36.0 Å². The van der Waals surface area contributed by atoms with E-state index in [0.717, 1.165) is 5.69 Å². The van der Waals surface area contributed by atoms with Gasteiger partial charge in [-0.1, -0.05) is 0 Å². The van der Waals surface area contributed by atoms with E-state index in [1.807, 2.05) is 6.07 Å². The van der Waals surface area contributed by atoms with Gasteiger partial charge in [0.1, 0.15) is 0 Å². The van der Waals surface area contributed by atoms with Gasteiger partial charge in [-0.05, 0) is 24.3 Å². The number of nitrogens with zero attached hydrogens (tertiary/aromatic N) is 1. The van der Waals surface area contributed by atoms with Crippen LogP contribution in [0.1, 0.15) is 33.6 Å². The van der Waals surface area contributed by atoms with Crippen molar-refractivity contribution in [1.29, 1.82) is 0 Å². The number of aromatic nitrogens is 2. The number of aromatic amines is 1. The fourth-order valence-electron chi connectivity index (χ4n) is 1.85. The van der Waals surface area contributed by atoms with Crippen molar-refractivity contribution in [2.75, 3.05) is 0 Å². The van der Waals surface area contributed by atoms with Crippen molar-refractivity contribution < 1.29 is 9.59 Å². The molecule has 0 bridgehead atoms. The maximum atomic E-state index is 11.9. The monoisotopic (exact) mass is 230 g/mol. The summed E-state index contributed by atoms with van der Waals surface area (Å²) in [5.41, 5.74) is 2.06. The SMILES string of the molecule is CC(=O)c1ccc(CC(=O)c2ccc[nH]2)n1C. The number of nitrogens with one attached hydrogen (secondary N) is 1. The molecule has 0 aromatic carbocycles. The molecule has 0 spiro atoms. The first-order chi connectivity index (χ1) is 8.09. The lowest BCUT2D eigenvalue weighted by atomic mass is 10.2. The van der Waals surface area contributed by atoms with Crippen LogP contribution in [0.3, 0.4) is 0 Å². The minimum absolute atomic E-state index is 0.00562. The van der Waals surface area contributed by atoms with E-state index < -0.39 is 0 Å². The van der Waals surface area contributed by atoms with Gasteiger partial charge in [-0.2, -0.15) is 0 Å². The summed E-state index contributed by atoms with van der Waals surface area (Å²) in [7, 11) is 1.80. The molecule has 4 heteroatoms. The zero-order chi connectivity index (χ0) is 12.4. The standard InChI is InChI=1S/C13H14N2O2/c1-9(16)12-6-5-10(15(12)2)8-13(17)11-4-3-7-14-11/h3-7,14H,8H2,1-2H3. The Morgan fingerprint density at radius 2 is 2.06 bits per heavy atom. The van der Waals surface area contributed by atoms with Crippen molar-refractivity contribution in [2.45, 2.75) is 13.3 Å². The van der Waals surface area contributed by atoms with Gasteiger partial charge in [0.2, 0.25) is 0 Å². The second-order valence-electron chi connectivity index (χ2n) is 4.01. The molecule has 2 heterocycles. The number of H-pyrrole nitrogens is 1. The van der Waals surface area contributed by atoms with Crippen molar-refractivity contribution >= 4 is 11.6 Å². The second-order valence-corrected chi connectivity index (χ2v) is 4.01. The van der Waals surface area contributed by atoms with Crippen LogP contribution in [0.15, 0.2) is 30.5 Å². The molecular weight excluding hydrogens is 216 g/mol. The fraction of sp³-hybridized carbons (Fsp3) is 0.231. The molecule has 0 aliphatic heterocycles. The second kappa shape index (κ2) is 4.41. The summed E-state index contributed by atoms with van der Waals surface area (Å²) in [6, 6.07) is 7.10. The lowest BCUT2D eigenvalue weighted by Gasteiger charge is -2.04. The van der Waals surface area contributed by atoms with Crippen molar-refractivity contribution in [3.8, 4) is 0 Å². The van der Waals surface area contributed by atoms with Crippen LogP contribution in [0.4, 0.5) is 0 Å². The van der Waals surface area contributed by atoms with Gasteiger partial charge < -0.3 is 9.55 Å². The van der Waals surface area contributed by atoms with E-state index in [9.17, 15) is 9.59 Å². The van der Waals surface area contributed by atoms with E-state index in [1.165, 1.54) is 6.92 Å². The molecule has 2 aromatic rings. The van der Waals surface area contributed by atoms with Crippen LogP contribution in [0, 0.1) is 0 Å².